The molecular formula is C12H12ClN3O2. The Morgan fingerprint density at radius 2 is 2.33 bits per heavy atom. The minimum absolute atomic E-state index is 0.0862. The highest BCUT2D eigenvalue weighted by Crippen LogP contribution is 2.24. The molecule has 0 spiro atoms. The maximum Gasteiger partial charge on any atom is 0.339 e. The molecular weight excluding hydrogens is 254 g/mol. The van der Waals surface area contributed by atoms with Crippen LogP contribution in [-0.4, -0.2) is 20.9 Å². The van der Waals surface area contributed by atoms with Crippen molar-refractivity contribution in [3.63, 3.8) is 0 Å². The highest BCUT2D eigenvalue weighted by molar-refractivity contribution is 6.34. The second-order valence-corrected chi connectivity index (χ2v) is 4.25. The van der Waals surface area contributed by atoms with Crippen LogP contribution in [0, 0.1) is 0 Å². The third kappa shape index (κ3) is 2.62. The van der Waals surface area contributed by atoms with Crippen LogP contribution in [0.1, 0.15) is 15.9 Å². The average molecular weight is 266 g/mol. The minimum atomic E-state index is -1.05. The number of aromatic carboxylic acids is 1. The molecule has 0 bridgehead atoms. The van der Waals surface area contributed by atoms with E-state index in [2.05, 4.69) is 10.4 Å². The number of hydrogen-bond acceptors (Lipinski definition) is 3. The first-order valence-electron chi connectivity index (χ1n) is 5.31. The van der Waals surface area contributed by atoms with Crippen molar-refractivity contribution in [1.82, 2.24) is 9.78 Å². The smallest absolute Gasteiger partial charge is 0.339 e. The van der Waals surface area contributed by atoms with Gasteiger partial charge in [-0.2, -0.15) is 5.10 Å². The third-order valence-corrected chi connectivity index (χ3v) is 2.78. The van der Waals surface area contributed by atoms with E-state index in [0.29, 0.717) is 12.2 Å². The number of benzene rings is 1. The fourth-order valence-electron chi connectivity index (χ4n) is 1.65. The summed E-state index contributed by atoms with van der Waals surface area (Å²) in [5, 5.41) is 16.4. The van der Waals surface area contributed by atoms with Gasteiger partial charge in [-0.05, 0) is 12.1 Å². The van der Waals surface area contributed by atoms with E-state index in [1.54, 1.807) is 29.1 Å². The molecule has 2 N–H and O–H groups in total. The van der Waals surface area contributed by atoms with Crippen LogP contribution in [0.3, 0.4) is 0 Å². The molecule has 0 atom stereocenters. The van der Waals surface area contributed by atoms with Gasteiger partial charge >= 0.3 is 5.97 Å². The number of halogens is 1. The van der Waals surface area contributed by atoms with Crippen LogP contribution >= 0.6 is 11.6 Å². The molecule has 1 heterocycles. The van der Waals surface area contributed by atoms with Crippen LogP contribution < -0.4 is 5.32 Å². The molecule has 6 heteroatoms. The van der Waals surface area contributed by atoms with E-state index in [1.807, 2.05) is 13.2 Å². The Labute approximate surface area is 109 Å². The van der Waals surface area contributed by atoms with E-state index in [9.17, 15) is 4.79 Å². The monoisotopic (exact) mass is 265 g/mol. The number of carboxylic acids is 1. The summed E-state index contributed by atoms with van der Waals surface area (Å²) >= 11 is 5.87. The zero-order valence-corrected chi connectivity index (χ0v) is 10.5. The normalized spacial score (nSPS) is 10.3. The Morgan fingerprint density at radius 1 is 1.56 bits per heavy atom. The minimum Gasteiger partial charge on any atom is -0.478 e. The molecule has 18 heavy (non-hydrogen) atoms. The lowest BCUT2D eigenvalue weighted by Crippen LogP contribution is -2.06. The predicted molar refractivity (Wildman–Crippen MR) is 68.9 cm³/mol. The van der Waals surface area contributed by atoms with Crippen LogP contribution in [-0.2, 0) is 13.6 Å². The fourth-order valence-corrected chi connectivity index (χ4v) is 1.90. The Morgan fingerprint density at radius 3 is 2.94 bits per heavy atom. The van der Waals surface area contributed by atoms with Gasteiger partial charge in [-0.3, -0.25) is 4.68 Å². The average Bonchev–Trinajstić information content (AvgIpc) is 2.72. The van der Waals surface area contributed by atoms with Crippen LogP contribution in [0.5, 0.6) is 0 Å². The van der Waals surface area contributed by atoms with Gasteiger partial charge in [0.25, 0.3) is 0 Å². The molecule has 94 valence electrons. The summed E-state index contributed by atoms with van der Waals surface area (Å²) in [6.45, 7) is 0.495. The first-order valence-corrected chi connectivity index (χ1v) is 5.69. The van der Waals surface area contributed by atoms with E-state index in [4.69, 9.17) is 16.7 Å². The van der Waals surface area contributed by atoms with Gasteiger partial charge in [0.1, 0.15) is 5.56 Å². The maximum absolute atomic E-state index is 11.1. The molecule has 0 radical (unpaired) electrons. The Bertz CT molecular complexity index is 580. The molecule has 0 unspecified atom stereocenters. The molecule has 0 aliphatic carbocycles. The Kier molecular flexibility index (Phi) is 3.53. The molecule has 2 aromatic rings. The summed E-state index contributed by atoms with van der Waals surface area (Å²) in [6.07, 6.45) is 3.58. The summed E-state index contributed by atoms with van der Waals surface area (Å²) in [6, 6.07) is 4.95. The number of rotatable bonds is 4. The van der Waals surface area contributed by atoms with Crippen molar-refractivity contribution >= 4 is 23.3 Å². The molecule has 5 nitrogen and oxygen atoms in total. The van der Waals surface area contributed by atoms with Gasteiger partial charge in [-0.1, -0.05) is 17.7 Å². The number of hydrogen-bond donors (Lipinski definition) is 2. The van der Waals surface area contributed by atoms with Crippen molar-refractivity contribution in [2.75, 3.05) is 5.32 Å². The van der Waals surface area contributed by atoms with Crippen LogP contribution in [0.25, 0.3) is 0 Å². The first kappa shape index (κ1) is 12.4. The molecule has 0 aliphatic heterocycles. The zero-order valence-electron chi connectivity index (χ0n) is 9.72. The van der Waals surface area contributed by atoms with Crippen molar-refractivity contribution < 1.29 is 9.90 Å². The number of carbonyl (C=O) groups is 1. The Balaban J connectivity index is 2.19. The number of nitrogens with zero attached hydrogens (tertiary/aromatic N) is 2. The summed E-state index contributed by atoms with van der Waals surface area (Å²) in [7, 11) is 1.82. The molecule has 0 fully saturated rings. The lowest BCUT2D eigenvalue weighted by atomic mass is 10.1. The second-order valence-electron chi connectivity index (χ2n) is 3.84. The molecule has 1 aromatic carbocycles. The summed E-state index contributed by atoms with van der Waals surface area (Å²) in [4.78, 5) is 11.1. The van der Waals surface area contributed by atoms with Crippen molar-refractivity contribution in [3.8, 4) is 0 Å². The predicted octanol–water partition coefficient (Wildman–Crippen LogP) is 2.38. The van der Waals surface area contributed by atoms with Gasteiger partial charge < -0.3 is 10.4 Å². The highest BCUT2D eigenvalue weighted by atomic mass is 35.5. The molecule has 0 saturated heterocycles. The number of aromatic nitrogens is 2. The summed E-state index contributed by atoms with van der Waals surface area (Å²) in [5.41, 5.74) is 1.55. The molecule has 0 amide bonds. The number of aryl methyl sites for hydroxylation is 1. The van der Waals surface area contributed by atoms with Crippen molar-refractivity contribution in [3.05, 3.63) is 46.7 Å². The van der Waals surface area contributed by atoms with E-state index >= 15 is 0 Å². The summed E-state index contributed by atoms with van der Waals surface area (Å²) < 4.78 is 1.69. The van der Waals surface area contributed by atoms with Crippen molar-refractivity contribution in [2.45, 2.75) is 6.54 Å². The van der Waals surface area contributed by atoms with Gasteiger partial charge in [-0.15, -0.1) is 0 Å². The maximum atomic E-state index is 11.1. The third-order valence-electron chi connectivity index (χ3n) is 2.47. The molecule has 0 aliphatic rings. The summed E-state index contributed by atoms with van der Waals surface area (Å²) in [5.74, 6) is -1.05. The molecule has 0 saturated carbocycles. The second kappa shape index (κ2) is 5.10. The SMILES string of the molecule is Cn1cc(CNc2cccc(Cl)c2C(=O)O)cn1. The van der Waals surface area contributed by atoms with Gasteiger partial charge in [0, 0.05) is 25.4 Å². The van der Waals surface area contributed by atoms with Gasteiger partial charge in [0.05, 0.1) is 16.9 Å². The van der Waals surface area contributed by atoms with Crippen LogP contribution in [0.4, 0.5) is 5.69 Å². The largest absolute Gasteiger partial charge is 0.478 e. The van der Waals surface area contributed by atoms with Crippen molar-refractivity contribution in [2.24, 2.45) is 7.05 Å². The molecule has 1 aromatic heterocycles. The first-order chi connectivity index (χ1) is 8.58. The number of anilines is 1. The topological polar surface area (TPSA) is 67.2 Å². The highest BCUT2D eigenvalue weighted by Gasteiger charge is 2.13. The van der Waals surface area contributed by atoms with E-state index in [1.165, 1.54) is 0 Å². The molecule has 2 rings (SSSR count). The van der Waals surface area contributed by atoms with Gasteiger partial charge in [-0.25, -0.2) is 4.79 Å². The standard InChI is InChI=1S/C12H12ClN3O2/c1-16-7-8(6-15-16)5-14-10-4-2-3-9(13)11(10)12(17)18/h2-4,6-7,14H,5H2,1H3,(H,17,18). The lowest BCUT2D eigenvalue weighted by Gasteiger charge is -2.09. The van der Waals surface area contributed by atoms with Crippen LogP contribution in [0.2, 0.25) is 5.02 Å². The number of carboxylic acid groups (broad SMARTS) is 1. The zero-order chi connectivity index (χ0) is 13.1. The quantitative estimate of drug-likeness (QED) is 0.891. The van der Waals surface area contributed by atoms with Crippen molar-refractivity contribution in [1.29, 1.82) is 0 Å². The van der Waals surface area contributed by atoms with Crippen LogP contribution in [0.15, 0.2) is 30.6 Å². The van der Waals surface area contributed by atoms with E-state index < -0.39 is 5.97 Å². The number of nitrogens with one attached hydrogen (secondary N) is 1. The van der Waals surface area contributed by atoms with Gasteiger partial charge in [0.2, 0.25) is 0 Å². The Hall–Kier alpha value is -2.01. The van der Waals surface area contributed by atoms with Gasteiger partial charge in [0.15, 0.2) is 0 Å². The fraction of sp³-hybridized carbons (Fsp3) is 0.167. The van der Waals surface area contributed by atoms with E-state index in [0.717, 1.165) is 5.56 Å². The lowest BCUT2D eigenvalue weighted by molar-refractivity contribution is 0.0698. The van der Waals surface area contributed by atoms with E-state index in [-0.39, 0.29) is 10.6 Å².